The van der Waals surface area contributed by atoms with E-state index in [4.69, 9.17) is 4.42 Å². The number of anilines is 1. The van der Waals surface area contributed by atoms with Gasteiger partial charge in [0.1, 0.15) is 23.4 Å². The van der Waals surface area contributed by atoms with Crippen molar-refractivity contribution >= 4 is 46.2 Å². The summed E-state index contributed by atoms with van der Waals surface area (Å²) < 4.78 is 6.08. The van der Waals surface area contributed by atoms with E-state index in [9.17, 15) is 24.0 Å². The first-order valence-corrected chi connectivity index (χ1v) is 15.2. The quantitative estimate of drug-likeness (QED) is 0.205. The Labute approximate surface area is 269 Å². The molecule has 0 saturated carbocycles. The third kappa shape index (κ3) is 5.86. The molecule has 3 N–H and O–H groups in total. The number of aromatic nitrogens is 1. The van der Waals surface area contributed by atoms with Gasteiger partial charge in [-0.3, -0.25) is 39.2 Å². The van der Waals surface area contributed by atoms with Crippen LogP contribution in [0.25, 0.3) is 11.0 Å². The Morgan fingerprint density at radius 3 is 2.51 bits per heavy atom. The third-order valence-corrected chi connectivity index (χ3v) is 8.39. The normalized spacial score (nSPS) is 16.6. The van der Waals surface area contributed by atoms with Crippen molar-refractivity contribution < 1.29 is 28.4 Å². The molecule has 234 valence electrons. The fourth-order valence-electron chi connectivity index (χ4n) is 6.04. The van der Waals surface area contributed by atoms with Crippen LogP contribution in [0.1, 0.15) is 62.1 Å². The van der Waals surface area contributed by atoms with Crippen LogP contribution in [0, 0.1) is 0 Å². The van der Waals surface area contributed by atoms with Crippen molar-refractivity contribution in [3.8, 4) is 0 Å². The van der Waals surface area contributed by atoms with Gasteiger partial charge >= 0.3 is 0 Å². The zero-order valence-corrected chi connectivity index (χ0v) is 25.1. The minimum atomic E-state index is -1.03. The number of piperidine rings is 1. The SMILES string of the molecule is O=C1CCC(N2C(=O)c3cccc(NCc4ccc(CC(=O)NC(c5cccnc5)c5cc6ccccc6o5)cc4)c3C2=O)C(=O)N1. The lowest BCUT2D eigenvalue weighted by atomic mass is 10.0. The lowest BCUT2D eigenvalue weighted by molar-refractivity contribution is -0.136. The number of hydrogen-bond donors (Lipinski definition) is 3. The van der Waals surface area contributed by atoms with Crippen molar-refractivity contribution in [2.75, 3.05) is 5.32 Å². The van der Waals surface area contributed by atoms with E-state index in [0.717, 1.165) is 32.6 Å². The fourth-order valence-corrected chi connectivity index (χ4v) is 6.04. The summed E-state index contributed by atoms with van der Waals surface area (Å²) in [6.45, 7) is 0.345. The molecule has 1 saturated heterocycles. The number of nitrogens with zero attached hydrogens (tertiary/aromatic N) is 2. The molecule has 1 fully saturated rings. The van der Waals surface area contributed by atoms with Gasteiger partial charge in [0, 0.05) is 42.0 Å². The van der Waals surface area contributed by atoms with Crippen LogP contribution in [0.5, 0.6) is 0 Å². The highest BCUT2D eigenvalue weighted by molar-refractivity contribution is 6.25. The molecule has 2 aromatic heterocycles. The number of amides is 5. The minimum Gasteiger partial charge on any atom is -0.459 e. The first kappa shape index (κ1) is 29.6. The molecule has 5 amide bonds. The monoisotopic (exact) mass is 627 g/mol. The summed E-state index contributed by atoms with van der Waals surface area (Å²) in [6, 6.07) is 24.2. The highest BCUT2D eigenvalue weighted by Gasteiger charge is 2.45. The molecule has 3 aromatic carbocycles. The van der Waals surface area contributed by atoms with Gasteiger partial charge < -0.3 is 15.1 Å². The molecule has 2 atom stereocenters. The number of hydrogen-bond acceptors (Lipinski definition) is 8. The zero-order valence-electron chi connectivity index (χ0n) is 25.1. The summed E-state index contributed by atoms with van der Waals surface area (Å²) in [7, 11) is 0. The summed E-state index contributed by atoms with van der Waals surface area (Å²) in [6.07, 6.45) is 3.67. The molecule has 7 rings (SSSR count). The maximum atomic E-state index is 13.4. The third-order valence-electron chi connectivity index (χ3n) is 8.39. The Hall–Kier alpha value is -6.10. The molecule has 0 radical (unpaired) electrons. The van der Waals surface area contributed by atoms with Crippen LogP contribution in [0.4, 0.5) is 5.69 Å². The average Bonchev–Trinajstić information content (AvgIpc) is 3.62. The molecule has 2 aliphatic rings. The second-order valence-corrected chi connectivity index (χ2v) is 11.5. The number of para-hydroxylation sites is 1. The van der Waals surface area contributed by atoms with Crippen molar-refractivity contribution in [1.29, 1.82) is 0 Å². The topological polar surface area (TPSA) is 151 Å². The predicted molar refractivity (Wildman–Crippen MR) is 171 cm³/mol. The second kappa shape index (κ2) is 12.4. The Bertz CT molecular complexity index is 2010. The van der Waals surface area contributed by atoms with Crippen LogP contribution in [0.15, 0.2) is 102 Å². The van der Waals surface area contributed by atoms with Crippen LogP contribution in [0.3, 0.4) is 0 Å². The van der Waals surface area contributed by atoms with Crippen LogP contribution in [-0.2, 0) is 27.3 Å². The molecule has 0 aliphatic carbocycles. The summed E-state index contributed by atoms with van der Waals surface area (Å²) in [5.41, 5.74) is 4.10. The van der Waals surface area contributed by atoms with Crippen LogP contribution in [-0.4, -0.2) is 45.5 Å². The maximum Gasteiger partial charge on any atom is 0.264 e. The molecule has 4 heterocycles. The van der Waals surface area contributed by atoms with Crippen molar-refractivity contribution in [3.05, 3.63) is 131 Å². The van der Waals surface area contributed by atoms with E-state index < -0.39 is 35.7 Å². The predicted octanol–water partition coefficient (Wildman–Crippen LogP) is 4.29. The maximum absolute atomic E-state index is 13.4. The van der Waals surface area contributed by atoms with E-state index in [0.29, 0.717) is 18.0 Å². The van der Waals surface area contributed by atoms with E-state index in [1.807, 2.05) is 66.7 Å². The first-order chi connectivity index (χ1) is 22.9. The summed E-state index contributed by atoms with van der Waals surface area (Å²) >= 11 is 0. The van der Waals surface area contributed by atoms with Crippen molar-refractivity contribution in [2.45, 2.75) is 37.9 Å². The van der Waals surface area contributed by atoms with Gasteiger partial charge in [-0.1, -0.05) is 54.6 Å². The Morgan fingerprint density at radius 1 is 0.936 bits per heavy atom. The lowest BCUT2D eigenvalue weighted by Crippen LogP contribution is -2.54. The molecule has 11 heteroatoms. The van der Waals surface area contributed by atoms with Crippen LogP contribution < -0.4 is 16.0 Å². The van der Waals surface area contributed by atoms with Gasteiger partial charge in [0.15, 0.2) is 0 Å². The molecule has 47 heavy (non-hydrogen) atoms. The van der Waals surface area contributed by atoms with Gasteiger partial charge in [-0.05, 0) is 47.9 Å². The Balaban J connectivity index is 1.01. The van der Waals surface area contributed by atoms with Gasteiger partial charge in [-0.25, -0.2) is 0 Å². The van der Waals surface area contributed by atoms with Crippen LogP contribution >= 0.6 is 0 Å². The molecule has 2 aliphatic heterocycles. The smallest absolute Gasteiger partial charge is 0.264 e. The van der Waals surface area contributed by atoms with E-state index >= 15 is 0 Å². The number of nitrogens with one attached hydrogen (secondary N) is 3. The van der Waals surface area contributed by atoms with Gasteiger partial charge in [-0.2, -0.15) is 0 Å². The number of furan rings is 1. The molecule has 2 unspecified atom stereocenters. The lowest BCUT2D eigenvalue weighted by Gasteiger charge is -2.27. The Morgan fingerprint density at radius 2 is 1.74 bits per heavy atom. The second-order valence-electron chi connectivity index (χ2n) is 11.5. The fraction of sp³-hybridized carbons (Fsp3) is 0.167. The van der Waals surface area contributed by atoms with Gasteiger partial charge in [-0.15, -0.1) is 0 Å². The van der Waals surface area contributed by atoms with Gasteiger partial charge in [0.2, 0.25) is 17.7 Å². The number of imide groups is 2. The number of carbonyl (C=O) groups is 5. The number of carbonyl (C=O) groups excluding carboxylic acids is 5. The van der Waals surface area contributed by atoms with Crippen molar-refractivity contribution in [2.24, 2.45) is 0 Å². The average molecular weight is 628 g/mol. The first-order valence-electron chi connectivity index (χ1n) is 15.2. The Kier molecular flexibility index (Phi) is 7.78. The molecule has 0 spiro atoms. The number of rotatable bonds is 9. The van der Waals surface area contributed by atoms with Crippen LogP contribution in [0.2, 0.25) is 0 Å². The molecular weight excluding hydrogens is 598 g/mol. The summed E-state index contributed by atoms with van der Waals surface area (Å²) in [5.74, 6) is -1.78. The molecular formula is C36H29N5O6. The van der Waals surface area contributed by atoms with Gasteiger partial charge in [0.05, 0.1) is 17.5 Å². The highest BCUT2D eigenvalue weighted by Crippen LogP contribution is 2.33. The number of fused-ring (bicyclic) bond motifs is 2. The molecule has 0 bridgehead atoms. The largest absolute Gasteiger partial charge is 0.459 e. The van der Waals surface area contributed by atoms with Crippen molar-refractivity contribution in [1.82, 2.24) is 20.5 Å². The number of pyridine rings is 1. The van der Waals surface area contributed by atoms with E-state index in [2.05, 4.69) is 20.9 Å². The summed E-state index contributed by atoms with van der Waals surface area (Å²) in [4.78, 5) is 68.9. The minimum absolute atomic E-state index is 0.0545. The van der Waals surface area contributed by atoms with Crippen molar-refractivity contribution in [3.63, 3.8) is 0 Å². The highest BCUT2D eigenvalue weighted by atomic mass is 16.3. The van der Waals surface area contributed by atoms with E-state index in [1.165, 1.54) is 0 Å². The molecule has 11 nitrogen and oxygen atoms in total. The molecule has 5 aromatic rings. The van der Waals surface area contributed by atoms with E-state index in [-0.39, 0.29) is 36.3 Å². The standard InChI is InChI=1S/C36H29N5O6/c42-30-15-14-27(34(44)40-30)41-35(45)25-7-3-8-26(32(25)36(41)46)38-19-22-12-10-21(11-13-22)17-31(43)39-33(24-6-4-16-37-20-24)29-18-23-5-1-2-9-28(23)47-29/h1-13,16,18,20,27,33,38H,14-15,17,19H2,(H,39,43)(H,40,42,44). The number of benzene rings is 3. The summed E-state index contributed by atoms with van der Waals surface area (Å²) in [5, 5.41) is 9.48. The zero-order chi connectivity index (χ0) is 32.5. The van der Waals surface area contributed by atoms with Gasteiger partial charge in [0.25, 0.3) is 11.8 Å². The van der Waals surface area contributed by atoms with E-state index in [1.54, 1.807) is 30.6 Å².